The Morgan fingerprint density at radius 2 is 2.00 bits per heavy atom. The molecule has 2 aliphatic heterocycles. The SMILES string of the molecule is Cl.O=C(CC1COCCN1)N1CCC(OCC2CC2)CC1. The zero-order valence-corrected chi connectivity index (χ0v) is 13.4. The summed E-state index contributed by atoms with van der Waals surface area (Å²) < 4.78 is 11.3. The fourth-order valence-electron chi connectivity index (χ4n) is 2.92. The van der Waals surface area contributed by atoms with E-state index < -0.39 is 0 Å². The summed E-state index contributed by atoms with van der Waals surface area (Å²) >= 11 is 0. The quantitative estimate of drug-likeness (QED) is 0.827. The summed E-state index contributed by atoms with van der Waals surface area (Å²) in [5.74, 6) is 1.08. The van der Waals surface area contributed by atoms with Gasteiger partial charge in [-0.2, -0.15) is 0 Å². The molecule has 0 aromatic rings. The second-order valence-electron chi connectivity index (χ2n) is 6.29. The number of carbonyl (C=O) groups excluding carboxylic acids is 1. The maximum absolute atomic E-state index is 12.2. The second-order valence-corrected chi connectivity index (χ2v) is 6.29. The molecule has 1 N–H and O–H groups in total. The highest BCUT2D eigenvalue weighted by Gasteiger charge is 2.28. The Bertz CT molecular complexity index is 325. The minimum atomic E-state index is 0. The highest BCUT2D eigenvalue weighted by Crippen LogP contribution is 2.30. The van der Waals surface area contributed by atoms with Crippen LogP contribution in [-0.2, 0) is 14.3 Å². The highest BCUT2D eigenvalue weighted by atomic mass is 35.5. The zero-order valence-electron chi connectivity index (χ0n) is 12.6. The van der Waals surface area contributed by atoms with Gasteiger partial charge in [0, 0.05) is 38.7 Å². The molecule has 1 unspecified atom stereocenters. The molecule has 3 rings (SSSR count). The minimum absolute atomic E-state index is 0. The van der Waals surface area contributed by atoms with Crippen molar-refractivity contribution in [1.82, 2.24) is 10.2 Å². The molecule has 1 amide bonds. The van der Waals surface area contributed by atoms with Gasteiger partial charge in [-0.1, -0.05) is 0 Å². The van der Waals surface area contributed by atoms with Crippen LogP contribution >= 0.6 is 12.4 Å². The van der Waals surface area contributed by atoms with Gasteiger partial charge < -0.3 is 19.7 Å². The van der Waals surface area contributed by atoms with Crippen molar-refractivity contribution >= 4 is 18.3 Å². The van der Waals surface area contributed by atoms with E-state index >= 15 is 0 Å². The van der Waals surface area contributed by atoms with E-state index in [0.717, 1.165) is 51.6 Å². The molecular formula is C15H27ClN2O3. The number of morpholine rings is 1. The smallest absolute Gasteiger partial charge is 0.224 e. The largest absolute Gasteiger partial charge is 0.378 e. The van der Waals surface area contributed by atoms with Crippen LogP contribution in [0.25, 0.3) is 0 Å². The molecule has 3 fully saturated rings. The summed E-state index contributed by atoms with van der Waals surface area (Å²) in [5.41, 5.74) is 0. The molecule has 6 heteroatoms. The molecule has 122 valence electrons. The normalized spacial score (nSPS) is 27.2. The van der Waals surface area contributed by atoms with Crippen LogP contribution in [0.1, 0.15) is 32.1 Å². The van der Waals surface area contributed by atoms with Gasteiger partial charge in [0.25, 0.3) is 0 Å². The van der Waals surface area contributed by atoms with Crippen LogP contribution in [-0.4, -0.2) is 62.4 Å². The molecular weight excluding hydrogens is 292 g/mol. The van der Waals surface area contributed by atoms with Gasteiger partial charge in [0.05, 0.1) is 19.3 Å². The van der Waals surface area contributed by atoms with Crippen molar-refractivity contribution in [2.24, 2.45) is 5.92 Å². The predicted octanol–water partition coefficient (Wildman–Crippen LogP) is 1.20. The van der Waals surface area contributed by atoms with Crippen molar-refractivity contribution in [3.8, 4) is 0 Å². The summed E-state index contributed by atoms with van der Waals surface area (Å²) in [7, 11) is 0. The molecule has 3 aliphatic rings. The van der Waals surface area contributed by atoms with Crippen LogP contribution in [0.15, 0.2) is 0 Å². The van der Waals surface area contributed by atoms with Gasteiger partial charge in [-0.15, -0.1) is 12.4 Å². The Morgan fingerprint density at radius 1 is 1.24 bits per heavy atom. The Morgan fingerprint density at radius 3 is 2.62 bits per heavy atom. The summed E-state index contributed by atoms with van der Waals surface area (Å²) in [5, 5.41) is 3.34. The van der Waals surface area contributed by atoms with Crippen molar-refractivity contribution in [2.45, 2.75) is 44.2 Å². The Kier molecular flexibility index (Phi) is 6.74. The molecule has 1 aliphatic carbocycles. The number of hydrogen-bond acceptors (Lipinski definition) is 4. The zero-order chi connectivity index (χ0) is 13.8. The van der Waals surface area contributed by atoms with Crippen molar-refractivity contribution in [3.63, 3.8) is 0 Å². The molecule has 1 atom stereocenters. The molecule has 2 saturated heterocycles. The van der Waals surface area contributed by atoms with Gasteiger partial charge in [0.15, 0.2) is 0 Å². The predicted molar refractivity (Wildman–Crippen MR) is 82.8 cm³/mol. The lowest BCUT2D eigenvalue weighted by Gasteiger charge is -2.33. The first kappa shape index (κ1) is 17.0. The van der Waals surface area contributed by atoms with E-state index in [1.54, 1.807) is 0 Å². The summed E-state index contributed by atoms with van der Waals surface area (Å²) in [6, 6.07) is 0.195. The Hall–Kier alpha value is -0.360. The fourth-order valence-corrected chi connectivity index (χ4v) is 2.92. The molecule has 2 heterocycles. The van der Waals surface area contributed by atoms with Crippen molar-refractivity contribution in [1.29, 1.82) is 0 Å². The first-order valence-electron chi connectivity index (χ1n) is 8.02. The van der Waals surface area contributed by atoms with Crippen molar-refractivity contribution < 1.29 is 14.3 Å². The number of carbonyl (C=O) groups is 1. The molecule has 0 bridgehead atoms. The number of nitrogens with one attached hydrogen (secondary N) is 1. The van der Waals surface area contributed by atoms with Crippen molar-refractivity contribution in [3.05, 3.63) is 0 Å². The first-order chi connectivity index (χ1) is 9.81. The molecule has 0 spiro atoms. The lowest BCUT2D eigenvalue weighted by molar-refractivity contribution is -0.135. The van der Waals surface area contributed by atoms with Gasteiger partial charge in [-0.25, -0.2) is 0 Å². The molecule has 0 aromatic heterocycles. The third-order valence-corrected chi connectivity index (χ3v) is 4.48. The molecule has 0 radical (unpaired) electrons. The topological polar surface area (TPSA) is 50.8 Å². The van der Waals surface area contributed by atoms with Gasteiger partial charge in [0.1, 0.15) is 0 Å². The molecule has 1 saturated carbocycles. The standard InChI is InChI=1S/C15H26N2O3.ClH/c18-15(9-13-11-19-8-5-16-13)17-6-3-14(4-7-17)20-10-12-1-2-12;/h12-14,16H,1-11H2;1H. The van der Waals surface area contributed by atoms with E-state index in [4.69, 9.17) is 9.47 Å². The van der Waals surface area contributed by atoms with Gasteiger partial charge >= 0.3 is 0 Å². The molecule has 5 nitrogen and oxygen atoms in total. The van der Waals surface area contributed by atoms with Gasteiger partial charge in [-0.05, 0) is 31.6 Å². The summed E-state index contributed by atoms with van der Waals surface area (Å²) in [4.78, 5) is 14.2. The van der Waals surface area contributed by atoms with E-state index in [9.17, 15) is 4.79 Å². The van der Waals surface area contributed by atoms with Crippen LogP contribution in [0.2, 0.25) is 0 Å². The molecule has 0 aromatic carbocycles. The highest BCUT2D eigenvalue weighted by molar-refractivity contribution is 5.85. The number of ether oxygens (including phenoxy) is 2. The molecule has 21 heavy (non-hydrogen) atoms. The number of hydrogen-bond donors (Lipinski definition) is 1. The van der Waals surface area contributed by atoms with Crippen LogP contribution in [0.3, 0.4) is 0 Å². The minimum Gasteiger partial charge on any atom is -0.378 e. The van der Waals surface area contributed by atoms with Crippen LogP contribution in [0.4, 0.5) is 0 Å². The van der Waals surface area contributed by atoms with Crippen LogP contribution in [0, 0.1) is 5.92 Å². The number of halogens is 1. The van der Waals surface area contributed by atoms with Gasteiger partial charge in [0.2, 0.25) is 5.91 Å². The average Bonchev–Trinajstić information content (AvgIpc) is 3.31. The van der Waals surface area contributed by atoms with E-state index in [0.29, 0.717) is 19.1 Å². The van der Waals surface area contributed by atoms with Crippen LogP contribution < -0.4 is 5.32 Å². The van der Waals surface area contributed by atoms with Gasteiger partial charge in [-0.3, -0.25) is 4.79 Å². The maximum Gasteiger partial charge on any atom is 0.224 e. The fraction of sp³-hybridized carbons (Fsp3) is 0.933. The van der Waals surface area contributed by atoms with E-state index in [1.807, 2.05) is 4.90 Å². The number of amides is 1. The lowest BCUT2D eigenvalue weighted by atomic mass is 10.1. The summed E-state index contributed by atoms with van der Waals surface area (Å²) in [6.07, 6.45) is 5.60. The summed E-state index contributed by atoms with van der Waals surface area (Å²) in [6.45, 7) is 4.90. The second kappa shape index (κ2) is 8.32. The Labute approximate surface area is 133 Å². The van der Waals surface area contributed by atoms with Crippen molar-refractivity contribution in [2.75, 3.05) is 39.5 Å². The lowest BCUT2D eigenvalue weighted by Crippen LogP contribution is -2.47. The number of likely N-dealkylation sites (tertiary alicyclic amines) is 1. The number of nitrogens with zero attached hydrogens (tertiary/aromatic N) is 1. The average molecular weight is 319 g/mol. The monoisotopic (exact) mass is 318 g/mol. The van der Waals surface area contributed by atoms with E-state index in [-0.39, 0.29) is 24.4 Å². The Balaban J connectivity index is 0.00000161. The van der Waals surface area contributed by atoms with E-state index in [2.05, 4.69) is 5.32 Å². The first-order valence-corrected chi connectivity index (χ1v) is 8.02. The van der Waals surface area contributed by atoms with E-state index in [1.165, 1.54) is 12.8 Å². The third kappa shape index (κ3) is 5.40. The van der Waals surface area contributed by atoms with Crippen LogP contribution in [0.5, 0.6) is 0 Å². The third-order valence-electron chi connectivity index (χ3n) is 4.48. The number of rotatable bonds is 5. The maximum atomic E-state index is 12.2. The number of piperidine rings is 1.